The van der Waals surface area contributed by atoms with E-state index in [9.17, 15) is 9.59 Å². The van der Waals surface area contributed by atoms with E-state index in [0.29, 0.717) is 6.42 Å². The lowest BCUT2D eigenvalue weighted by molar-refractivity contribution is -0.121. The molecule has 1 aliphatic carbocycles. The number of rotatable bonds is 4. The number of hydrogen-bond donors (Lipinski definition) is 2. The first-order chi connectivity index (χ1) is 10.6. The first kappa shape index (κ1) is 14.3. The third-order valence-electron chi connectivity index (χ3n) is 4.01. The van der Waals surface area contributed by atoms with E-state index in [1.807, 2.05) is 36.4 Å². The Labute approximate surface area is 128 Å². The molecule has 22 heavy (non-hydrogen) atoms. The van der Waals surface area contributed by atoms with Crippen molar-refractivity contribution in [3.05, 3.63) is 70.8 Å². The van der Waals surface area contributed by atoms with Gasteiger partial charge in [-0.3, -0.25) is 4.79 Å². The molecule has 0 aliphatic heterocycles. The molecule has 2 aromatic rings. The molecule has 3 rings (SSSR count). The van der Waals surface area contributed by atoms with Crippen molar-refractivity contribution >= 4 is 11.9 Å². The number of aromatic carboxylic acids is 1. The van der Waals surface area contributed by atoms with Crippen LogP contribution in [0.5, 0.6) is 0 Å². The standard InChI is InChI=1S/C18H17NO3/c20-17(10-12-4-2-1-3-5-12)19-16-9-8-13-6-7-14(18(21)22)11-15(13)16/h1-7,11,16H,8-10H2,(H,19,20)(H,21,22). The summed E-state index contributed by atoms with van der Waals surface area (Å²) in [5.41, 5.74) is 3.29. The highest BCUT2D eigenvalue weighted by molar-refractivity contribution is 5.88. The maximum atomic E-state index is 12.2. The van der Waals surface area contributed by atoms with Gasteiger partial charge in [-0.1, -0.05) is 36.4 Å². The molecular formula is C18H17NO3. The van der Waals surface area contributed by atoms with Gasteiger partial charge >= 0.3 is 5.97 Å². The highest BCUT2D eigenvalue weighted by Crippen LogP contribution is 2.31. The second-order valence-corrected chi connectivity index (χ2v) is 5.54. The van der Waals surface area contributed by atoms with Crippen molar-refractivity contribution in [2.45, 2.75) is 25.3 Å². The highest BCUT2D eigenvalue weighted by atomic mass is 16.4. The summed E-state index contributed by atoms with van der Waals surface area (Å²) in [6, 6.07) is 14.6. The van der Waals surface area contributed by atoms with Gasteiger partial charge in [0, 0.05) is 0 Å². The molecule has 112 valence electrons. The number of carbonyl (C=O) groups excluding carboxylic acids is 1. The molecule has 2 N–H and O–H groups in total. The van der Waals surface area contributed by atoms with E-state index in [1.54, 1.807) is 12.1 Å². The van der Waals surface area contributed by atoms with Gasteiger partial charge in [0.15, 0.2) is 0 Å². The second kappa shape index (κ2) is 6.02. The fourth-order valence-corrected chi connectivity index (χ4v) is 2.91. The van der Waals surface area contributed by atoms with Crippen LogP contribution in [0.4, 0.5) is 0 Å². The minimum Gasteiger partial charge on any atom is -0.478 e. The summed E-state index contributed by atoms with van der Waals surface area (Å²) in [6.45, 7) is 0. The van der Waals surface area contributed by atoms with E-state index in [0.717, 1.165) is 29.5 Å². The number of nitrogens with one attached hydrogen (secondary N) is 1. The number of carboxylic acids is 1. The van der Waals surface area contributed by atoms with Gasteiger partial charge in [-0.25, -0.2) is 4.79 Å². The number of amides is 1. The van der Waals surface area contributed by atoms with Crippen LogP contribution in [-0.2, 0) is 17.6 Å². The van der Waals surface area contributed by atoms with E-state index >= 15 is 0 Å². The Morgan fingerprint density at radius 3 is 2.64 bits per heavy atom. The molecular weight excluding hydrogens is 278 g/mol. The monoisotopic (exact) mass is 295 g/mol. The molecule has 1 atom stereocenters. The molecule has 0 heterocycles. The van der Waals surface area contributed by atoms with E-state index in [1.165, 1.54) is 0 Å². The summed E-state index contributed by atoms with van der Waals surface area (Å²) in [5.74, 6) is -0.978. The fourth-order valence-electron chi connectivity index (χ4n) is 2.91. The molecule has 4 nitrogen and oxygen atoms in total. The van der Waals surface area contributed by atoms with Crippen molar-refractivity contribution in [2.75, 3.05) is 0 Å². The average molecular weight is 295 g/mol. The number of fused-ring (bicyclic) bond motifs is 1. The van der Waals surface area contributed by atoms with Crippen LogP contribution < -0.4 is 5.32 Å². The fraction of sp³-hybridized carbons (Fsp3) is 0.222. The van der Waals surface area contributed by atoms with Crippen molar-refractivity contribution in [1.82, 2.24) is 5.32 Å². The zero-order valence-electron chi connectivity index (χ0n) is 12.1. The number of carboxylic acid groups (broad SMARTS) is 1. The van der Waals surface area contributed by atoms with Crippen molar-refractivity contribution in [3.8, 4) is 0 Å². The first-order valence-electron chi connectivity index (χ1n) is 7.33. The van der Waals surface area contributed by atoms with Crippen molar-refractivity contribution in [3.63, 3.8) is 0 Å². The third-order valence-corrected chi connectivity index (χ3v) is 4.01. The highest BCUT2D eigenvalue weighted by Gasteiger charge is 2.25. The van der Waals surface area contributed by atoms with E-state index in [2.05, 4.69) is 5.32 Å². The lowest BCUT2D eigenvalue weighted by Crippen LogP contribution is -2.28. The molecule has 2 aromatic carbocycles. The number of carbonyl (C=O) groups is 2. The van der Waals surface area contributed by atoms with Gasteiger partial charge in [0.1, 0.15) is 0 Å². The average Bonchev–Trinajstić information content (AvgIpc) is 2.90. The Hall–Kier alpha value is -2.62. The second-order valence-electron chi connectivity index (χ2n) is 5.54. The summed E-state index contributed by atoms with van der Waals surface area (Å²) >= 11 is 0. The molecule has 0 fully saturated rings. The Balaban J connectivity index is 1.72. The summed E-state index contributed by atoms with van der Waals surface area (Å²) in [5, 5.41) is 12.1. The third kappa shape index (κ3) is 3.01. The van der Waals surface area contributed by atoms with Gasteiger partial charge in [-0.15, -0.1) is 0 Å². The van der Waals surface area contributed by atoms with Gasteiger partial charge < -0.3 is 10.4 Å². The molecule has 0 bridgehead atoms. The van der Waals surface area contributed by atoms with Gasteiger partial charge in [0.05, 0.1) is 18.0 Å². The van der Waals surface area contributed by atoms with E-state index < -0.39 is 5.97 Å². The number of aryl methyl sites for hydroxylation is 1. The van der Waals surface area contributed by atoms with Gasteiger partial charge in [-0.05, 0) is 41.7 Å². The quantitative estimate of drug-likeness (QED) is 0.911. The van der Waals surface area contributed by atoms with Crippen LogP contribution in [0.3, 0.4) is 0 Å². The van der Waals surface area contributed by atoms with Gasteiger partial charge in [-0.2, -0.15) is 0 Å². The number of hydrogen-bond acceptors (Lipinski definition) is 2. The summed E-state index contributed by atoms with van der Waals surface area (Å²) in [7, 11) is 0. The predicted octanol–water partition coefficient (Wildman–Crippen LogP) is 2.73. The minimum absolute atomic E-state index is 0.0372. The van der Waals surface area contributed by atoms with Gasteiger partial charge in [0.2, 0.25) is 5.91 Å². The van der Waals surface area contributed by atoms with Crippen LogP contribution in [-0.4, -0.2) is 17.0 Å². The van der Waals surface area contributed by atoms with Crippen LogP contribution in [0.1, 0.15) is 39.5 Å². The molecule has 0 spiro atoms. The predicted molar refractivity (Wildman–Crippen MR) is 82.8 cm³/mol. The lowest BCUT2D eigenvalue weighted by atomic mass is 10.0. The molecule has 0 radical (unpaired) electrons. The van der Waals surface area contributed by atoms with Crippen LogP contribution in [0, 0.1) is 0 Å². The zero-order chi connectivity index (χ0) is 15.5. The Bertz CT molecular complexity index is 710. The topological polar surface area (TPSA) is 66.4 Å². The Morgan fingerprint density at radius 2 is 1.91 bits per heavy atom. The van der Waals surface area contributed by atoms with Crippen LogP contribution in [0.2, 0.25) is 0 Å². The molecule has 1 unspecified atom stereocenters. The molecule has 1 amide bonds. The number of benzene rings is 2. The molecule has 0 saturated carbocycles. The summed E-state index contributed by atoms with van der Waals surface area (Å²) in [6.07, 6.45) is 2.02. The van der Waals surface area contributed by atoms with Crippen LogP contribution in [0.25, 0.3) is 0 Å². The zero-order valence-corrected chi connectivity index (χ0v) is 12.1. The Morgan fingerprint density at radius 1 is 1.14 bits per heavy atom. The SMILES string of the molecule is O=C(Cc1ccccc1)NC1CCc2ccc(C(=O)O)cc21. The van der Waals surface area contributed by atoms with Gasteiger partial charge in [0.25, 0.3) is 0 Å². The maximum Gasteiger partial charge on any atom is 0.335 e. The minimum atomic E-state index is -0.941. The van der Waals surface area contributed by atoms with Crippen molar-refractivity contribution in [1.29, 1.82) is 0 Å². The maximum absolute atomic E-state index is 12.2. The first-order valence-corrected chi connectivity index (χ1v) is 7.33. The molecule has 1 aliphatic rings. The molecule has 0 aromatic heterocycles. The van der Waals surface area contributed by atoms with Crippen molar-refractivity contribution in [2.24, 2.45) is 0 Å². The summed E-state index contributed by atoms with van der Waals surface area (Å²) < 4.78 is 0. The molecule has 4 heteroatoms. The normalized spacial score (nSPS) is 16.1. The largest absolute Gasteiger partial charge is 0.478 e. The van der Waals surface area contributed by atoms with Crippen LogP contribution in [0.15, 0.2) is 48.5 Å². The van der Waals surface area contributed by atoms with E-state index in [4.69, 9.17) is 5.11 Å². The van der Waals surface area contributed by atoms with Crippen molar-refractivity contribution < 1.29 is 14.7 Å². The summed E-state index contributed by atoms with van der Waals surface area (Å²) in [4.78, 5) is 23.3. The van der Waals surface area contributed by atoms with E-state index in [-0.39, 0.29) is 17.5 Å². The van der Waals surface area contributed by atoms with Crippen LogP contribution >= 0.6 is 0 Å². The smallest absolute Gasteiger partial charge is 0.335 e. The lowest BCUT2D eigenvalue weighted by Gasteiger charge is -2.14. The molecule has 0 saturated heterocycles. The Kier molecular flexibility index (Phi) is 3.92.